The minimum Gasteiger partial charge on any atom is -0.345 e. The molecule has 0 radical (unpaired) electrons. The van der Waals surface area contributed by atoms with Gasteiger partial charge in [0.1, 0.15) is 0 Å². The van der Waals surface area contributed by atoms with E-state index in [0.717, 1.165) is 6.42 Å². The summed E-state index contributed by atoms with van der Waals surface area (Å²) in [4.78, 5) is 25.7. The summed E-state index contributed by atoms with van der Waals surface area (Å²) in [6.45, 7) is 4.15. The zero-order chi connectivity index (χ0) is 17.9. The van der Waals surface area contributed by atoms with E-state index >= 15 is 0 Å². The maximum atomic E-state index is 12.2. The monoisotopic (exact) mass is 353 g/mol. The molecule has 1 heterocycles. The molecular formula is C16H24ClN5O2. The van der Waals surface area contributed by atoms with Gasteiger partial charge in [-0.05, 0) is 24.6 Å². The number of halogens is 1. The van der Waals surface area contributed by atoms with Crippen molar-refractivity contribution in [1.29, 1.82) is 0 Å². The summed E-state index contributed by atoms with van der Waals surface area (Å²) >= 11 is 6.12. The highest BCUT2D eigenvalue weighted by Crippen LogP contribution is 2.24. The summed E-state index contributed by atoms with van der Waals surface area (Å²) in [6.07, 6.45) is 0.786. The minimum absolute atomic E-state index is 0.156. The van der Waals surface area contributed by atoms with E-state index in [4.69, 9.17) is 11.6 Å². The van der Waals surface area contributed by atoms with Gasteiger partial charge < -0.3 is 15.5 Å². The predicted octanol–water partition coefficient (Wildman–Crippen LogP) is 2.01. The van der Waals surface area contributed by atoms with Gasteiger partial charge in [0.25, 0.3) is 5.91 Å². The third kappa shape index (κ3) is 4.17. The molecular weight excluding hydrogens is 330 g/mol. The molecule has 1 aliphatic heterocycles. The van der Waals surface area contributed by atoms with Crippen molar-refractivity contribution in [2.75, 3.05) is 19.4 Å². The van der Waals surface area contributed by atoms with Gasteiger partial charge in [-0.2, -0.15) is 0 Å². The quantitative estimate of drug-likeness (QED) is 0.667. The number of benzene rings is 1. The fourth-order valence-electron chi connectivity index (χ4n) is 2.65. The normalized spacial score (nSPS) is 23.0. The van der Waals surface area contributed by atoms with Crippen LogP contribution in [0.25, 0.3) is 0 Å². The van der Waals surface area contributed by atoms with Crippen molar-refractivity contribution in [3.05, 3.63) is 28.8 Å². The van der Waals surface area contributed by atoms with Crippen LogP contribution in [0.3, 0.4) is 0 Å². The summed E-state index contributed by atoms with van der Waals surface area (Å²) in [6, 6.07) is 4.72. The van der Waals surface area contributed by atoms with Crippen LogP contribution in [0.4, 0.5) is 10.5 Å². The fourth-order valence-corrected chi connectivity index (χ4v) is 2.81. The molecule has 0 aliphatic carbocycles. The number of urea groups is 1. The summed E-state index contributed by atoms with van der Waals surface area (Å²) in [7, 11) is 3.34. The number of amides is 3. The largest absolute Gasteiger partial charge is 0.345 e. The fraction of sp³-hybridized carbons (Fsp3) is 0.500. The van der Waals surface area contributed by atoms with Gasteiger partial charge in [0, 0.05) is 31.6 Å². The second-order valence-electron chi connectivity index (χ2n) is 6.13. The molecule has 8 heteroatoms. The number of hydrogen-bond donors (Lipinski definition) is 4. The number of nitrogens with zero attached hydrogens (tertiary/aromatic N) is 1. The molecule has 1 aromatic rings. The zero-order valence-corrected chi connectivity index (χ0v) is 15.1. The van der Waals surface area contributed by atoms with Crippen LogP contribution in [0.2, 0.25) is 5.02 Å². The molecule has 132 valence electrons. The van der Waals surface area contributed by atoms with Crippen LogP contribution in [0.1, 0.15) is 30.6 Å². The Morgan fingerprint density at radius 1 is 1.29 bits per heavy atom. The van der Waals surface area contributed by atoms with E-state index in [1.807, 2.05) is 0 Å². The Morgan fingerprint density at radius 2 is 2.00 bits per heavy atom. The van der Waals surface area contributed by atoms with Crippen LogP contribution < -0.4 is 21.5 Å². The summed E-state index contributed by atoms with van der Waals surface area (Å²) in [5.74, 6) is 0.0917. The lowest BCUT2D eigenvalue weighted by molar-refractivity contribution is 0.0827. The van der Waals surface area contributed by atoms with Crippen LogP contribution in [-0.4, -0.2) is 43.1 Å². The molecule has 3 atom stereocenters. The molecule has 0 aromatic heterocycles. The highest BCUT2D eigenvalue weighted by Gasteiger charge is 2.32. The molecule has 4 N–H and O–H groups in total. The maximum Gasteiger partial charge on any atom is 0.320 e. The summed E-state index contributed by atoms with van der Waals surface area (Å²) in [5, 5.41) is 5.94. The van der Waals surface area contributed by atoms with Crippen molar-refractivity contribution in [3.63, 3.8) is 0 Å². The molecule has 0 bridgehead atoms. The Labute approximate surface area is 147 Å². The highest BCUT2D eigenvalue weighted by molar-refractivity contribution is 6.33. The van der Waals surface area contributed by atoms with Gasteiger partial charge in [0.05, 0.1) is 16.9 Å². The van der Waals surface area contributed by atoms with E-state index in [0.29, 0.717) is 22.3 Å². The topological polar surface area (TPSA) is 85.5 Å². The standard InChI is InChI=1S/C16H24ClN5O2/c1-5-12-9(2)14(21-20-12)19-16(24)18-13-8-10(6-7-11(13)17)15(23)22(3)4/h6-9,12,14,20-21H,5H2,1-4H3,(H2,18,19,24). The lowest BCUT2D eigenvalue weighted by atomic mass is 9.99. The van der Waals surface area contributed by atoms with Gasteiger partial charge >= 0.3 is 6.03 Å². The molecule has 1 aliphatic rings. The van der Waals surface area contributed by atoms with Crippen LogP contribution in [0.15, 0.2) is 18.2 Å². The van der Waals surface area contributed by atoms with Crippen LogP contribution in [0.5, 0.6) is 0 Å². The average Bonchev–Trinajstić information content (AvgIpc) is 2.88. The lowest BCUT2D eigenvalue weighted by Gasteiger charge is -2.19. The smallest absolute Gasteiger partial charge is 0.320 e. The predicted molar refractivity (Wildman–Crippen MR) is 94.9 cm³/mol. The average molecular weight is 354 g/mol. The third-order valence-corrected chi connectivity index (χ3v) is 4.51. The first-order valence-corrected chi connectivity index (χ1v) is 8.31. The first-order valence-electron chi connectivity index (χ1n) is 7.93. The van der Waals surface area contributed by atoms with Gasteiger partial charge in [0.15, 0.2) is 0 Å². The number of rotatable bonds is 4. The Kier molecular flexibility index (Phi) is 6.04. The lowest BCUT2D eigenvalue weighted by Crippen LogP contribution is -2.48. The summed E-state index contributed by atoms with van der Waals surface area (Å²) < 4.78 is 0. The van der Waals surface area contributed by atoms with E-state index in [-0.39, 0.29) is 24.0 Å². The Hall–Kier alpha value is -1.83. The van der Waals surface area contributed by atoms with Crippen molar-refractivity contribution < 1.29 is 9.59 Å². The minimum atomic E-state index is -0.380. The number of hydrogen-bond acceptors (Lipinski definition) is 4. The van der Waals surface area contributed by atoms with Crippen LogP contribution in [-0.2, 0) is 0 Å². The molecule has 7 nitrogen and oxygen atoms in total. The number of hydrazine groups is 1. The first kappa shape index (κ1) is 18.5. The Balaban J connectivity index is 2.04. The van der Waals surface area contributed by atoms with E-state index in [1.165, 1.54) is 4.90 Å². The van der Waals surface area contributed by atoms with E-state index in [1.54, 1.807) is 32.3 Å². The molecule has 24 heavy (non-hydrogen) atoms. The van der Waals surface area contributed by atoms with Crippen LogP contribution in [0, 0.1) is 5.92 Å². The molecule has 1 saturated heterocycles. The second-order valence-corrected chi connectivity index (χ2v) is 6.54. The van der Waals surface area contributed by atoms with Gasteiger partial charge in [-0.1, -0.05) is 25.4 Å². The molecule has 0 spiro atoms. The van der Waals surface area contributed by atoms with Crippen LogP contribution >= 0.6 is 11.6 Å². The second kappa shape index (κ2) is 7.83. The third-order valence-electron chi connectivity index (χ3n) is 4.18. The molecule has 3 amide bonds. The van der Waals surface area contributed by atoms with Crippen molar-refractivity contribution in [1.82, 2.24) is 21.1 Å². The molecule has 1 fully saturated rings. The van der Waals surface area contributed by atoms with Gasteiger partial charge in [-0.25, -0.2) is 10.2 Å². The molecule has 2 rings (SSSR count). The Morgan fingerprint density at radius 3 is 2.58 bits per heavy atom. The highest BCUT2D eigenvalue weighted by atomic mass is 35.5. The van der Waals surface area contributed by atoms with Crippen molar-refractivity contribution in [3.8, 4) is 0 Å². The summed E-state index contributed by atoms with van der Waals surface area (Å²) in [5.41, 5.74) is 7.08. The van der Waals surface area contributed by atoms with Crippen molar-refractivity contribution in [2.45, 2.75) is 32.5 Å². The maximum absolute atomic E-state index is 12.2. The van der Waals surface area contributed by atoms with Gasteiger partial charge in [-0.15, -0.1) is 0 Å². The van der Waals surface area contributed by atoms with Crippen molar-refractivity contribution in [2.24, 2.45) is 5.92 Å². The number of nitrogens with one attached hydrogen (secondary N) is 4. The zero-order valence-electron chi connectivity index (χ0n) is 14.3. The first-order chi connectivity index (χ1) is 11.3. The van der Waals surface area contributed by atoms with E-state index in [2.05, 4.69) is 35.3 Å². The number of carbonyl (C=O) groups is 2. The molecule has 3 unspecified atom stereocenters. The van der Waals surface area contributed by atoms with Gasteiger partial charge in [0.2, 0.25) is 0 Å². The molecule has 0 saturated carbocycles. The van der Waals surface area contributed by atoms with E-state index in [9.17, 15) is 9.59 Å². The SMILES string of the molecule is CCC1NNC(NC(=O)Nc2cc(C(=O)N(C)C)ccc2Cl)C1C. The van der Waals surface area contributed by atoms with Crippen molar-refractivity contribution >= 4 is 29.2 Å². The number of anilines is 1. The van der Waals surface area contributed by atoms with Gasteiger partial charge in [-0.3, -0.25) is 10.2 Å². The number of carbonyl (C=O) groups excluding carboxylic acids is 2. The molecule has 1 aromatic carbocycles. The Bertz CT molecular complexity index is 622. The van der Waals surface area contributed by atoms with E-state index < -0.39 is 0 Å².